The standard InChI is InChI=1S/C22H23N3O2/c1-14-15(2)21-20(22(26)23-8-9-27-21)11-18(14)10-16-4-6-17(7-5-16)19-12-24-25(3)13-19/h4-7,11-13H,8-10H2,1-3H3,(H,23,26). The molecule has 1 aromatic heterocycles. The number of hydrogen-bond donors (Lipinski definition) is 1. The fourth-order valence-corrected chi connectivity index (χ4v) is 3.52. The lowest BCUT2D eigenvalue weighted by atomic mass is 9.93. The second kappa shape index (κ2) is 6.91. The van der Waals surface area contributed by atoms with E-state index < -0.39 is 0 Å². The Morgan fingerprint density at radius 1 is 1.15 bits per heavy atom. The molecule has 0 bridgehead atoms. The van der Waals surface area contributed by atoms with Gasteiger partial charge in [-0.1, -0.05) is 24.3 Å². The Balaban J connectivity index is 1.64. The molecule has 1 aliphatic heterocycles. The summed E-state index contributed by atoms with van der Waals surface area (Å²) < 4.78 is 7.61. The van der Waals surface area contributed by atoms with Crippen molar-refractivity contribution < 1.29 is 9.53 Å². The maximum absolute atomic E-state index is 12.4. The first-order chi connectivity index (χ1) is 13.0. The molecule has 0 spiro atoms. The number of benzene rings is 2. The van der Waals surface area contributed by atoms with Crippen LogP contribution in [-0.4, -0.2) is 28.8 Å². The smallest absolute Gasteiger partial charge is 0.255 e. The zero-order valence-corrected chi connectivity index (χ0v) is 15.9. The first kappa shape index (κ1) is 17.3. The number of hydrogen-bond acceptors (Lipinski definition) is 3. The predicted octanol–water partition coefficient (Wildman–Crippen LogP) is 3.42. The Hall–Kier alpha value is -3.08. The highest BCUT2D eigenvalue weighted by Crippen LogP contribution is 2.32. The minimum absolute atomic E-state index is 0.0567. The molecule has 27 heavy (non-hydrogen) atoms. The van der Waals surface area contributed by atoms with Crippen LogP contribution in [0.25, 0.3) is 11.1 Å². The molecule has 3 aromatic rings. The molecule has 5 nitrogen and oxygen atoms in total. The normalized spacial score (nSPS) is 13.5. The zero-order valence-electron chi connectivity index (χ0n) is 15.9. The molecule has 0 unspecified atom stereocenters. The highest BCUT2D eigenvalue weighted by molar-refractivity contribution is 5.98. The SMILES string of the molecule is Cc1c(Cc2ccc(-c3cnn(C)c3)cc2)cc2c(c1C)OCCNC2=O. The largest absolute Gasteiger partial charge is 0.491 e. The van der Waals surface area contributed by atoms with Gasteiger partial charge in [-0.05, 0) is 54.2 Å². The first-order valence-electron chi connectivity index (χ1n) is 9.15. The van der Waals surface area contributed by atoms with E-state index in [0.29, 0.717) is 18.7 Å². The molecule has 0 radical (unpaired) electrons. The number of carbonyl (C=O) groups excluding carboxylic acids is 1. The van der Waals surface area contributed by atoms with E-state index in [1.165, 1.54) is 11.1 Å². The molecule has 2 aromatic carbocycles. The topological polar surface area (TPSA) is 56.1 Å². The van der Waals surface area contributed by atoms with Crippen molar-refractivity contribution in [3.05, 3.63) is 70.5 Å². The number of rotatable bonds is 3. The number of ether oxygens (including phenoxy) is 1. The van der Waals surface area contributed by atoms with Crippen molar-refractivity contribution in [1.82, 2.24) is 15.1 Å². The van der Waals surface area contributed by atoms with Gasteiger partial charge in [0.2, 0.25) is 0 Å². The Morgan fingerprint density at radius 2 is 1.93 bits per heavy atom. The summed E-state index contributed by atoms with van der Waals surface area (Å²) in [5.74, 6) is 0.664. The van der Waals surface area contributed by atoms with Gasteiger partial charge in [0, 0.05) is 18.8 Å². The van der Waals surface area contributed by atoms with E-state index in [-0.39, 0.29) is 5.91 Å². The molecular weight excluding hydrogens is 338 g/mol. The molecule has 4 rings (SSSR count). The van der Waals surface area contributed by atoms with Crippen LogP contribution >= 0.6 is 0 Å². The molecule has 0 aliphatic carbocycles. The molecule has 1 aliphatic rings. The lowest BCUT2D eigenvalue weighted by Crippen LogP contribution is -2.24. The van der Waals surface area contributed by atoms with E-state index in [1.807, 2.05) is 32.4 Å². The van der Waals surface area contributed by atoms with Crippen molar-refractivity contribution in [2.24, 2.45) is 7.05 Å². The van der Waals surface area contributed by atoms with Crippen LogP contribution in [0.15, 0.2) is 42.7 Å². The Labute approximate surface area is 159 Å². The van der Waals surface area contributed by atoms with E-state index in [4.69, 9.17) is 4.74 Å². The quantitative estimate of drug-likeness (QED) is 0.778. The maximum atomic E-state index is 12.4. The molecule has 0 fully saturated rings. The van der Waals surface area contributed by atoms with Crippen LogP contribution in [0.3, 0.4) is 0 Å². The number of fused-ring (bicyclic) bond motifs is 1. The third-order valence-electron chi connectivity index (χ3n) is 5.21. The van der Waals surface area contributed by atoms with Crippen molar-refractivity contribution >= 4 is 5.91 Å². The number of nitrogens with zero attached hydrogens (tertiary/aromatic N) is 2. The van der Waals surface area contributed by atoms with Gasteiger partial charge in [0.1, 0.15) is 12.4 Å². The molecule has 138 valence electrons. The number of nitrogens with one attached hydrogen (secondary N) is 1. The summed E-state index contributed by atoms with van der Waals surface area (Å²) in [4.78, 5) is 12.4. The van der Waals surface area contributed by atoms with Gasteiger partial charge in [0.15, 0.2) is 0 Å². The number of carbonyl (C=O) groups is 1. The van der Waals surface area contributed by atoms with E-state index in [1.54, 1.807) is 4.68 Å². The lowest BCUT2D eigenvalue weighted by molar-refractivity contribution is 0.0957. The number of aryl methyl sites for hydroxylation is 1. The highest BCUT2D eigenvalue weighted by Gasteiger charge is 2.21. The number of aromatic nitrogens is 2. The van der Waals surface area contributed by atoms with E-state index >= 15 is 0 Å². The third kappa shape index (κ3) is 3.33. The van der Waals surface area contributed by atoms with Crippen LogP contribution in [0.4, 0.5) is 0 Å². The van der Waals surface area contributed by atoms with Gasteiger partial charge >= 0.3 is 0 Å². The lowest BCUT2D eigenvalue weighted by Gasteiger charge is -2.16. The summed E-state index contributed by atoms with van der Waals surface area (Å²) in [6.07, 6.45) is 4.65. The second-order valence-electron chi connectivity index (χ2n) is 7.04. The molecule has 0 atom stereocenters. The molecule has 0 saturated carbocycles. The Kier molecular flexibility index (Phi) is 4.44. The molecule has 1 N–H and O–H groups in total. The number of amides is 1. The Bertz CT molecular complexity index is 1000. The zero-order chi connectivity index (χ0) is 19.0. The molecule has 0 saturated heterocycles. The Morgan fingerprint density at radius 3 is 2.63 bits per heavy atom. The van der Waals surface area contributed by atoms with Gasteiger partial charge in [-0.3, -0.25) is 9.48 Å². The van der Waals surface area contributed by atoms with Crippen LogP contribution in [0.5, 0.6) is 5.75 Å². The van der Waals surface area contributed by atoms with Crippen LogP contribution in [0.2, 0.25) is 0 Å². The predicted molar refractivity (Wildman–Crippen MR) is 105 cm³/mol. The molecule has 1 amide bonds. The third-order valence-corrected chi connectivity index (χ3v) is 5.21. The van der Waals surface area contributed by atoms with Gasteiger partial charge in [0.05, 0.1) is 18.3 Å². The van der Waals surface area contributed by atoms with E-state index in [2.05, 4.69) is 41.6 Å². The average Bonchev–Trinajstić information content (AvgIpc) is 3.01. The summed E-state index contributed by atoms with van der Waals surface area (Å²) in [6, 6.07) is 10.5. The molecule has 5 heteroatoms. The van der Waals surface area contributed by atoms with Gasteiger partial charge in [-0.2, -0.15) is 5.10 Å². The van der Waals surface area contributed by atoms with Crippen LogP contribution < -0.4 is 10.1 Å². The summed E-state index contributed by atoms with van der Waals surface area (Å²) in [7, 11) is 1.92. The summed E-state index contributed by atoms with van der Waals surface area (Å²) in [6.45, 7) is 5.17. The minimum Gasteiger partial charge on any atom is -0.491 e. The van der Waals surface area contributed by atoms with Gasteiger partial charge in [-0.25, -0.2) is 0 Å². The van der Waals surface area contributed by atoms with E-state index in [9.17, 15) is 4.79 Å². The van der Waals surface area contributed by atoms with Gasteiger partial charge in [-0.15, -0.1) is 0 Å². The molecular formula is C22H23N3O2. The van der Waals surface area contributed by atoms with Crippen molar-refractivity contribution in [3.8, 4) is 16.9 Å². The maximum Gasteiger partial charge on any atom is 0.255 e. The van der Waals surface area contributed by atoms with Crippen LogP contribution in [0, 0.1) is 13.8 Å². The van der Waals surface area contributed by atoms with Crippen molar-refractivity contribution in [2.75, 3.05) is 13.2 Å². The van der Waals surface area contributed by atoms with Gasteiger partial charge < -0.3 is 10.1 Å². The van der Waals surface area contributed by atoms with Crippen LogP contribution in [-0.2, 0) is 13.5 Å². The average molecular weight is 361 g/mol. The summed E-state index contributed by atoms with van der Waals surface area (Å²) in [5, 5.41) is 7.12. The second-order valence-corrected chi connectivity index (χ2v) is 7.04. The van der Waals surface area contributed by atoms with Crippen molar-refractivity contribution in [1.29, 1.82) is 0 Å². The fourth-order valence-electron chi connectivity index (χ4n) is 3.52. The highest BCUT2D eigenvalue weighted by atomic mass is 16.5. The van der Waals surface area contributed by atoms with E-state index in [0.717, 1.165) is 34.4 Å². The first-order valence-corrected chi connectivity index (χ1v) is 9.15. The van der Waals surface area contributed by atoms with Crippen LogP contribution in [0.1, 0.15) is 32.6 Å². The fraction of sp³-hybridized carbons (Fsp3) is 0.273. The summed E-state index contributed by atoms with van der Waals surface area (Å²) >= 11 is 0. The van der Waals surface area contributed by atoms with Gasteiger partial charge in [0.25, 0.3) is 5.91 Å². The molecule has 2 heterocycles. The van der Waals surface area contributed by atoms with Crippen molar-refractivity contribution in [3.63, 3.8) is 0 Å². The minimum atomic E-state index is -0.0567. The monoisotopic (exact) mass is 361 g/mol. The summed E-state index contributed by atoms with van der Waals surface area (Å²) in [5.41, 5.74) is 7.48. The van der Waals surface area contributed by atoms with Crippen molar-refractivity contribution in [2.45, 2.75) is 20.3 Å².